The Balaban J connectivity index is 1.73. The topological polar surface area (TPSA) is 41.1 Å². The summed E-state index contributed by atoms with van der Waals surface area (Å²) in [5, 5.41) is 6.48. The van der Waals surface area contributed by atoms with Crippen LogP contribution in [0.3, 0.4) is 0 Å². The molecular formula is C18H28N2O. The van der Waals surface area contributed by atoms with Gasteiger partial charge in [-0.3, -0.25) is 4.79 Å². The van der Waals surface area contributed by atoms with Crippen LogP contribution in [-0.2, 0) is 4.79 Å². The minimum Gasteiger partial charge on any atom is -0.352 e. The minimum atomic E-state index is 0.126. The summed E-state index contributed by atoms with van der Waals surface area (Å²) in [6.07, 6.45) is 7.40. The molecule has 0 aliphatic heterocycles. The Morgan fingerprint density at radius 2 is 1.76 bits per heavy atom. The molecule has 0 unspecified atom stereocenters. The number of amides is 1. The van der Waals surface area contributed by atoms with Crippen molar-refractivity contribution >= 4 is 5.91 Å². The van der Waals surface area contributed by atoms with Crippen LogP contribution in [-0.4, -0.2) is 18.5 Å². The third kappa shape index (κ3) is 5.50. The van der Waals surface area contributed by atoms with Gasteiger partial charge < -0.3 is 10.6 Å². The Bertz CT molecular complexity index is 433. The summed E-state index contributed by atoms with van der Waals surface area (Å²) in [4.78, 5) is 12.0. The van der Waals surface area contributed by atoms with Gasteiger partial charge in [0.15, 0.2) is 0 Å². The molecular weight excluding hydrogens is 260 g/mol. The van der Waals surface area contributed by atoms with E-state index in [0.29, 0.717) is 12.6 Å². The molecule has 0 heterocycles. The Morgan fingerprint density at radius 3 is 2.38 bits per heavy atom. The summed E-state index contributed by atoms with van der Waals surface area (Å²) in [7, 11) is 0. The van der Waals surface area contributed by atoms with Crippen molar-refractivity contribution < 1.29 is 4.79 Å². The van der Waals surface area contributed by atoms with E-state index in [-0.39, 0.29) is 11.9 Å². The second kappa shape index (κ2) is 8.18. The monoisotopic (exact) mass is 288 g/mol. The van der Waals surface area contributed by atoms with Crippen LogP contribution in [0.15, 0.2) is 24.3 Å². The highest BCUT2D eigenvalue weighted by Crippen LogP contribution is 2.17. The van der Waals surface area contributed by atoms with Gasteiger partial charge in [-0.05, 0) is 32.3 Å². The van der Waals surface area contributed by atoms with Crippen molar-refractivity contribution in [2.45, 2.75) is 64.5 Å². The number of carbonyl (C=O) groups excluding carboxylic acids is 1. The Kier molecular flexibility index (Phi) is 6.24. The molecule has 2 N–H and O–H groups in total. The summed E-state index contributed by atoms with van der Waals surface area (Å²) >= 11 is 0. The van der Waals surface area contributed by atoms with E-state index in [1.165, 1.54) is 36.8 Å². The number of carbonyl (C=O) groups is 1. The number of hydrogen-bond acceptors (Lipinski definition) is 2. The van der Waals surface area contributed by atoms with E-state index in [4.69, 9.17) is 0 Å². The molecule has 0 bridgehead atoms. The second-order valence-corrected chi connectivity index (χ2v) is 6.27. The maximum Gasteiger partial charge on any atom is 0.234 e. The van der Waals surface area contributed by atoms with Crippen LogP contribution in [0.25, 0.3) is 0 Å². The largest absolute Gasteiger partial charge is 0.352 e. The molecule has 1 aromatic carbocycles. The summed E-state index contributed by atoms with van der Waals surface area (Å²) < 4.78 is 0. The van der Waals surface area contributed by atoms with E-state index in [1.54, 1.807) is 0 Å². The first-order chi connectivity index (χ1) is 10.1. The van der Waals surface area contributed by atoms with E-state index < -0.39 is 0 Å². The normalized spacial score (nSPS) is 18.0. The highest BCUT2D eigenvalue weighted by Gasteiger charge is 2.15. The van der Waals surface area contributed by atoms with E-state index >= 15 is 0 Å². The lowest BCUT2D eigenvalue weighted by Gasteiger charge is -2.18. The number of hydrogen-bond donors (Lipinski definition) is 2. The zero-order valence-corrected chi connectivity index (χ0v) is 13.3. The molecule has 1 atom stereocenters. The van der Waals surface area contributed by atoms with Gasteiger partial charge in [0.25, 0.3) is 0 Å². The van der Waals surface area contributed by atoms with Crippen LogP contribution in [0, 0.1) is 6.92 Å². The van der Waals surface area contributed by atoms with Gasteiger partial charge >= 0.3 is 0 Å². The van der Waals surface area contributed by atoms with E-state index in [1.807, 2.05) is 0 Å². The van der Waals surface area contributed by atoms with Gasteiger partial charge in [0.1, 0.15) is 0 Å². The lowest BCUT2D eigenvalue weighted by atomic mass is 10.1. The molecule has 0 aromatic heterocycles. The summed E-state index contributed by atoms with van der Waals surface area (Å²) in [5.41, 5.74) is 2.49. The number of benzene rings is 1. The minimum absolute atomic E-state index is 0.126. The molecule has 2 rings (SSSR count). The van der Waals surface area contributed by atoms with Gasteiger partial charge in [-0.25, -0.2) is 0 Å². The lowest BCUT2D eigenvalue weighted by Crippen LogP contribution is -2.40. The Morgan fingerprint density at radius 1 is 1.14 bits per heavy atom. The van der Waals surface area contributed by atoms with Crippen LogP contribution < -0.4 is 10.6 Å². The van der Waals surface area contributed by atoms with Crippen LogP contribution >= 0.6 is 0 Å². The molecule has 0 saturated heterocycles. The predicted molar refractivity (Wildman–Crippen MR) is 87.2 cm³/mol. The maximum absolute atomic E-state index is 12.0. The molecule has 116 valence electrons. The molecule has 0 spiro atoms. The fourth-order valence-corrected chi connectivity index (χ4v) is 2.92. The summed E-state index contributed by atoms with van der Waals surface area (Å²) in [5.74, 6) is 0.126. The number of rotatable bonds is 5. The Labute approximate surface area is 128 Å². The molecule has 1 amide bonds. The standard InChI is InChI=1S/C18H28N2O/c1-14-9-11-16(12-10-14)15(2)19-13-18(21)20-17-7-5-3-4-6-8-17/h9-12,15,17,19H,3-8,13H2,1-2H3,(H,20,21)/t15-/m1/s1. The Hall–Kier alpha value is -1.35. The molecule has 21 heavy (non-hydrogen) atoms. The van der Waals surface area contributed by atoms with Crippen LogP contribution in [0.4, 0.5) is 0 Å². The molecule has 1 saturated carbocycles. The molecule has 3 nitrogen and oxygen atoms in total. The molecule has 1 aliphatic rings. The zero-order chi connectivity index (χ0) is 15.1. The van der Waals surface area contributed by atoms with Gasteiger partial charge in [-0.2, -0.15) is 0 Å². The molecule has 1 aromatic rings. The van der Waals surface area contributed by atoms with Gasteiger partial charge in [0, 0.05) is 12.1 Å². The fourth-order valence-electron chi connectivity index (χ4n) is 2.92. The van der Waals surface area contributed by atoms with Crippen LogP contribution in [0.5, 0.6) is 0 Å². The van der Waals surface area contributed by atoms with Crippen molar-refractivity contribution in [1.29, 1.82) is 0 Å². The van der Waals surface area contributed by atoms with Gasteiger partial charge in [-0.15, -0.1) is 0 Å². The van der Waals surface area contributed by atoms with E-state index in [9.17, 15) is 4.79 Å². The quantitative estimate of drug-likeness (QED) is 0.814. The van der Waals surface area contributed by atoms with Crippen molar-refractivity contribution in [2.24, 2.45) is 0 Å². The van der Waals surface area contributed by atoms with Crippen LogP contribution in [0.2, 0.25) is 0 Å². The smallest absolute Gasteiger partial charge is 0.234 e. The van der Waals surface area contributed by atoms with Crippen molar-refractivity contribution in [2.75, 3.05) is 6.54 Å². The third-order valence-electron chi connectivity index (χ3n) is 4.37. The fraction of sp³-hybridized carbons (Fsp3) is 0.611. The van der Waals surface area contributed by atoms with Crippen LogP contribution in [0.1, 0.15) is 62.6 Å². The summed E-state index contributed by atoms with van der Waals surface area (Å²) in [6.45, 7) is 4.58. The SMILES string of the molecule is Cc1ccc([C@@H](C)NCC(=O)NC2CCCCCC2)cc1. The second-order valence-electron chi connectivity index (χ2n) is 6.27. The first-order valence-electron chi connectivity index (χ1n) is 8.24. The average Bonchev–Trinajstić information content (AvgIpc) is 2.74. The van der Waals surface area contributed by atoms with Crippen molar-refractivity contribution in [3.05, 3.63) is 35.4 Å². The highest BCUT2D eigenvalue weighted by molar-refractivity contribution is 5.78. The first-order valence-corrected chi connectivity index (χ1v) is 8.24. The van der Waals surface area contributed by atoms with Crippen molar-refractivity contribution in [1.82, 2.24) is 10.6 Å². The lowest BCUT2D eigenvalue weighted by molar-refractivity contribution is -0.121. The van der Waals surface area contributed by atoms with Crippen molar-refractivity contribution in [3.8, 4) is 0 Å². The molecule has 1 aliphatic carbocycles. The predicted octanol–water partition coefficient (Wildman–Crippen LogP) is 3.48. The van der Waals surface area contributed by atoms with E-state index in [0.717, 1.165) is 12.8 Å². The number of aryl methyl sites for hydroxylation is 1. The van der Waals surface area contributed by atoms with Crippen molar-refractivity contribution in [3.63, 3.8) is 0 Å². The van der Waals surface area contributed by atoms with Gasteiger partial charge in [0.05, 0.1) is 6.54 Å². The molecule has 0 radical (unpaired) electrons. The highest BCUT2D eigenvalue weighted by atomic mass is 16.1. The van der Waals surface area contributed by atoms with E-state index in [2.05, 4.69) is 48.7 Å². The van der Waals surface area contributed by atoms with Gasteiger partial charge in [0.2, 0.25) is 5.91 Å². The van der Waals surface area contributed by atoms with Gasteiger partial charge in [-0.1, -0.05) is 55.5 Å². The maximum atomic E-state index is 12.0. The average molecular weight is 288 g/mol. The molecule has 3 heteroatoms. The molecule has 1 fully saturated rings. The first kappa shape index (κ1) is 16.0. The summed E-state index contributed by atoms with van der Waals surface area (Å²) in [6, 6.07) is 9.05. The zero-order valence-electron chi connectivity index (χ0n) is 13.3. The third-order valence-corrected chi connectivity index (χ3v) is 4.37. The number of nitrogens with one attached hydrogen (secondary N) is 2.